The van der Waals surface area contributed by atoms with Crippen molar-refractivity contribution in [2.75, 3.05) is 0 Å². The minimum atomic E-state index is -3.98. The molecule has 4 heterocycles. The molecule has 0 saturated carbocycles. The van der Waals surface area contributed by atoms with E-state index in [9.17, 15) is 0 Å². The van der Waals surface area contributed by atoms with Crippen LogP contribution in [0.3, 0.4) is 0 Å². The molecule has 29 heavy (non-hydrogen) atoms. The fourth-order valence-corrected chi connectivity index (χ4v) is 5.58. The standard InChI is InChI=1S/C22H29BF2N4/c1-9-17-12(3)21-20(19-11-27(8)26-14(19)5)22-13(4)18(10-2)16(7)29(22)23(24,25)28(21)15(17)6/h11H,9-10H2,1-8H3. The Bertz CT molecular complexity index is 1160. The predicted octanol–water partition coefficient (Wildman–Crippen LogP) is 4.92. The first-order valence-corrected chi connectivity index (χ1v) is 10.4. The van der Waals surface area contributed by atoms with Gasteiger partial charge in [0.15, 0.2) is 5.70 Å². The molecule has 0 N–H and O–H groups in total. The van der Waals surface area contributed by atoms with Gasteiger partial charge in [0.1, 0.15) is 5.71 Å². The van der Waals surface area contributed by atoms with Gasteiger partial charge in [-0.3, -0.25) is 4.68 Å². The van der Waals surface area contributed by atoms with Crippen LogP contribution in [0, 0.1) is 20.8 Å². The molecule has 0 aliphatic carbocycles. The molecular weight excluding hydrogens is 369 g/mol. The maximum Gasteiger partial charge on any atom is 0.737 e. The average Bonchev–Trinajstić information content (AvgIpc) is 3.20. The number of fused-ring (bicyclic) bond motifs is 2. The second kappa shape index (κ2) is 6.28. The Kier molecular flexibility index (Phi) is 4.30. The van der Waals surface area contributed by atoms with Crippen molar-refractivity contribution in [1.82, 2.24) is 14.3 Å². The number of hydrogen-bond acceptors (Lipinski definition) is 1. The lowest BCUT2D eigenvalue weighted by Gasteiger charge is -2.33. The van der Waals surface area contributed by atoms with E-state index >= 15 is 8.63 Å². The van der Waals surface area contributed by atoms with Crippen molar-refractivity contribution >= 4 is 18.3 Å². The first kappa shape index (κ1) is 19.9. The van der Waals surface area contributed by atoms with E-state index in [0.29, 0.717) is 22.8 Å². The zero-order chi connectivity index (χ0) is 21.4. The molecule has 0 amide bonds. The molecule has 4 nitrogen and oxygen atoms in total. The highest BCUT2D eigenvalue weighted by atomic mass is 19.2. The van der Waals surface area contributed by atoms with Gasteiger partial charge in [-0.15, -0.1) is 0 Å². The van der Waals surface area contributed by atoms with Crippen LogP contribution >= 0.6 is 0 Å². The largest absolute Gasteiger partial charge is 0.737 e. The predicted molar refractivity (Wildman–Crippen MR) is 115 cm³/mol. The molecule has 0 unspecified atom stereocenters. The van der Waals surface area contributed by atoms with Crippen molar-refractivity contribution in [3.05, 3.63) is 56.8 Å². The Morgan fingerprint density at radius 2 is 1.72 bits per heavy atom. The third-order valence-corrected chi connectivity index (χ3v) is 6.78. The lowest BCUT2D eigenvalue weighted by atomic mass is 9.84. The maximum atomic E-state index is 16.1. The summed E-state index contributed by atoms with van der Waals surface area (Å²) in [5.74, 6) is 0. The molecule has 4 rings (SSSR count). The Labute approximate surface area is 171 Å². The summed E-state index contributed by atoms with van der Waals surface area (Å²) in [6, 6.07) is 0. The van der Waals surface area contributed by atoms with Crippen LogP contribution in [-0.4, -0.2) is 31.4 Å². The molecule has 154 valence electrons. The number of hydrogen-bond donors (Lipinski definition) is 0. The summed E-state index contributed by atoms with van der Waals surface area (Å²) in [5, 5.41) is 4.52. The fraction of sp³-hybridized carbons (Fsp3) is 0.455. The second-order valence-electron chi connectivity index (χ2n) is 8.29. The van der Waals surface area contributed by atoms with Crippen LogP contribution in [0.4, 0.5) is 8.63 Å². The fourth-order valence-electron chi connectivity index (χ4n) is 5.58. The summed E-state index contributed by atoms with van der Waals surface area (Å²) < 4.78 is 36.6. The zero-order valence-corrected chi connectivity index (χ0v) is 18.6. The van der Waals surface area contributed by atoms with Crippen LogP contribution in [-0.2, 0) is 13.5 Å². The van der Waals surface area contributed by atoms with Crippen molar-refractivity contribution in [3.8, 4) is 0 Å². The molecule has 2 aromatic heterocycles. The van der Waals surface area contributed by atoms with E-state index < -0.39 is 6.97 Å². The van der Waals surface area contributed by atoms with Crippen LogP contribution in [0.5, 0.6) is 0 Å². The number of halogens is 2. The van der Waals surface area contributed by atoms with Crippen LogP contribution in [0.25, 0.3) is 5.57 Å². The van der Waals surface area contributed by atoms with Crippen molar-refractivity contribution in [3.63, 3.8) is 0 Å². The van der Waals surface area contributed by atoms with Gasteiger partial charge in [-0.2, -0.15) is 5.10 Å². The van der Waals surface area contributed by atoms with Gasteiger partial charge in [0.2, 0.25) is 0 Å². The highest BCUT2D eigenvalue weighted by Gasteiger charge is 2.56. The molecule has 0 spiro atoms. The van der Waals surface area contributed by atoms with Gasteiger partial charge < -0.3 is 17.6 Å². The zero-order valence-electron chi connectivity index (χ0n) is 18.6. The number of aryl methyl sites for hydroxylation is 2. The van der Waals surface area contributed by atoms with E-state index in [1.54, 1.807) is 4.68 Å². The third kappa shape index (κ3) is 2.36. The SMILES string of the molecule is CCC1=C(C)C2=C(c3cn(C)nc3C)c3c(C)c(CC)c(C)n3[B-](F)(F)[N+]2=C1C. The van der Waals surface area contributed by atoms with Crippen LogP contribution in [0.1, 0.15) is 67.9 Å². The topological polar surface area (TPSA) is 25.8 Å². The highest BCUT2D eigenvalue weighted by molar-refractivity contribution is 6.58. The summed E-state index contributed by atoms with van der Waals surface area (Å²) >= 11 is 0. The van der Waals surface area contributed by atoms with Gasteiger partial charge in [-0.05, 0) is 57.4 Å². The van der Waals surface area contributed by atoms with Gasteiger partial charge >= 0.3 is 6.97 Å². The maximum absolute atomic E-state index is 16.1. The first-order valence-electron chi connectivity index (χ1n) is 10.4. The van der Waals surface area contributed by atoms with Gasteiger partial charge in [0.25, 0.3) is 0 Å². The van der Waals surface area contributed by atoms with E-state index in [-0.39, 0.29) is 0 Å². The molecule has 2 aromatic rings. The van der Waals surface area contributed by atoms with Crippen molar-refractivity contribution < 1.29 is 13.1 Å². The van der Waals surface area contributed by atoms with E-state index in [4.69, 9.17) is 0 Å². The molecule has 0 bridgehead atoms. The van der Waals surface area contributed by atoms with Gasteiger partial charge in [-0.25, -0.2) is 0 Å². The van der Waals surface area contributed by atoms with E-state index in [1.807, 2.05) is 61.7 Å². The Morgan fingerprint density at radius 1 is 1.07 bits per heavy atom. The summed E-state index contributed by atoms with van der Waals surface area (Å²) in [6.45, 7) is 9.67. The van der Waals surface area contributed by atoms with Crippen LogP contribution in [0.2, 0.25) is 0 Å². The molecule has 0 saturated heterocycles. The number of aromatic nitrogens is 3. The number of rotatable bonds is 3. The molecule has 0 radical (unpaired) electrons. The lowest BCUT2D eigenvalue weighted by Crippen LogP contribution is -2.51. The van der Waals surface area contributed by atoms with E-state index in [1.165, 1.54) is 8.96 Å². The number of nitrogens with zero attached hydrogens (tertiary/aromatic N) is 4. The van der Waals surface area contributed by atoms with Crippen molar-refractivity contribution in [2.24, 2.45) is 7.05 Å². The first-order chi connectivity index (χ1) is 13.6. The monoisotopic (exact) mass is 398 g/mol. The minimum absolute atomic E-state index is 0.649. The molecule has 0 fully saturated rings. The quantitative estimate of drug-likeness (QED) is 0.674. The number of allylic oxidation sites excluding steroid dienone is 2. The van der Waals surface area contributed by atoms with Gasteiger partial charge in [-0.1, -0.05) is 13.8 Å². The smallest absolute Gasteiger partial charge is 0.393 e. The van der Waals surface area contributed by atoms with E-state index in [2.05, 4.69) is 5.10 Å². The van der Waals surface area contributed by atoms with Gasteiger partial charge in [0, 0.05) is 42.6 Å². The van der Waals surface area contributed by atoms with Crippen molar-refractivity contribution in [1.29, 1.82) is 0 Å². The minimum Gasteiger partial charge on any atom is -0.393 e. The van der Waals surface area contributed by atoms with Crippen molar-refractivity contribution in [2.45, 2.75) is 61.3 Å². The summed E-state index contributed by atoms with van der Waals surface area (Å²) in [6.07, 6.45) is 3.42. The Hall–Kier alpha value is -2.44. The van der Waals surface area contributed by atoms with Gasteiger partial charge in [0.05, 0.1) is 11.3 Å². The Morgan fingerprint density at radius 3 is 2.24 bits per heavy atom. The average molecular weight is 398 g/mol. The molecule has 2 aliphatic rings. The second-order valence-corrected chi connectivity index (χ2v) is 8.29. The molecule has 0 aromatic carbocycles. The van der Waals surface area contributed by atoms with E-state index in [0.717, 1.165) is 51.9 Å². The summed E-state index contributed by atoms with van der Waals surface area (Å²) in [4.78, 5) is 0. The molecular formula is C22H29BF2N4. The lowest BCUT2D eigenvalue weighted by molar-refractivity contribution is -0.363. The third-order valence-electron chi connectivity index (χ3n) is 6.78. The highest BCUT2D eigenvalue weighted by Crippen LogP contribution is 2.47. The molecule has 0 atom stereocenters. The molecule has 2 aliphatic heterocycles. The van der Waals surface area contributed by atoms with Crippen LogP contribution in [0.15, 0.2) is 23.0 Å². The normalized spacial score (nSPS) is 18.1. The molecule has 7 heteroatoms. The summed E-state index contributed by atoms with van der Waals surface area (Å²) in [5.41, 5.74) is 9.21. The Balaban J connectivity index is 2.25. The summed E-state index contributed by atoms with van der Waals surface area (Å²) in [7, 11) is 1.88. The van der Waals surface area contributed by atoms with Crippen LogP contribution < -0.4 is 0 Å².